The number of aliphatic hydroxyl groups is 1. The third-order valence-electron chi connectivity index (χ3n) is 2.14. The lowest BCUT2D eigenvalue weighted by molar-refractivity contribution is -0.0462. The number of aromatic carboxylic acids is 1. The van der Waals surface area contributed by atoms with Gasteiger partial charge in [0.1, 0.15) is 6.61 Å². The molecule has 0 atom stereocenters. The summed E-state index contributed by atoms with van der Waals surface area (Å²) in [5, 5.41) is 19.0. The quantitative estimate of drug-likeness (QED) is 0.728. The minimum Gasteiger partial charge on any atom is -0.478 e. The molecule has 1 amide bonds. The average molecular weight is 259 g/mol. The Morgan fingerprint density at radius 2 is 1.78 bits per heavy atom. The van der Waals surface area contributed by atoms with Gasteiger partial charge in [-0.1, -0.05) is 12.1 Å². The molecule has 0 aliphatic carbocycles. The summed E-state index contributed by atoms with van der Waals surface area (Å²) < 4.78 is 25.4. The Balaban J connectivity index is 2.82. The van der Waals surface area contributed by atoms with Crippen LogP contribution < -0.4 is 5.32 Å². The summed E-state index contributed by atoms with van der Waals surface area (Å²) in [6.45, 7) is -2.45. The molecule has 0 saturated carbocycles. The molecule has 5 nitrogen and oxygen atoms in total. The highest BCUT2D eigenvalue weighted by Crippen LogP contribution is 2.12. The van der Waals surface area contributed by atoms with Crippen LogP contribution in [-0.2, 0) is 0 Å². The first-order valence-electron chi connectivity index (χ1n) is 4.96. The normalized spacial score (nSPS) is 11.1. The zero-order valence-corrected chi connectivity index (χ0v) is 9.19. The molecule has 0 aliphatic heterocycles. The number of halogens is 2. The molecular formula is C11H11F2NO4. The lowest BCUT2D eigenvalue weighted by atomic mass is 10.1. The monoisotopic (exact) mass is 259 g/mol. The molecule has 0 fully saturated rings. The highest BCUT2D eigenvalue weighted by atomic mass is 19.3. The topological polar surface area (TPSA) is 86.6 Å². The number of hydrogen-bond acceptors (Lipinski definition) is 3. The number of aliphatic hydroxyl groups excluding tert-OH is 1. The van der Waals surface area contributed by atoms with E-state index in [0.29, 0.717) is 0 Å². The molecule has 0 aliphatic rings. The van der Waals surface area contributed by atoms with Crippen molar-refractivity contribution in [1.29, 1.82) is 0 Å². The number of carboxylic acid groups (broad SMARTS) is 1. The van der Waals surface area contributed by atoms with Crippen molar-refractivity contribution in [2.75, 3.05) is 13.2 Å². The van der Waals surface area contributed by atoms with Crippen LogP contribution in [0.15, 0.2) is 24.3 Å². The van der Waals surface area contributed by atoms with Crippen LogP contribution in [0.1, 0.15) is 20.7 Å². The van der Waals surface area contributed by atoms with Gasteiger partial charge >= 0.3 is 5.97 Å². The lowest BCUT2D eigenvalue weighted by Gasteiger charge is -2.14. The van der Waals surface area contributed by atoms with Gasteiger partial charge in [-0.2, -0.15) is 0 Å². The Bertz CT molecular complexity index is 462. The molecule has 18 heavy (non-hydrogen) atoms. The fourth-order valence-electron chi connectivity index (χ4n) is 1.23. The van der Waals surface area contributed by atoms with E-state index in [1.807, 2.05) is 5.32 Å². The molecule has 0 aromatic heterocycles. The number of benzene rings is 1. The summed E-state index contributed by atoms with van der Waals surface area (Å²) in [6.07, 6.45) is 0. The number of amides is 1. The van der Waals surface area contributed by atoms with Crippen LogP contribution in [0.2, 0.25) is 0 Å². The minimum atomic E-state index is -3.44. The second-order valence-corrected chi connectivity index (χ2v) is 3.55. The third-order valence-corrected chi connectivity index (χ3v) is 2.14. The summed E-state index contributed by atoms with van der Waals surface area (Å²) in [4.78, 5) is 22.4. The standard InChI is InChI=1S/C11H11F2NO4/c12-11(13,6-15)5-14-9(16)7-3-1-2-4-8(7)10(17)18/h1-4,15H,5-6H2,(H,14,16)(H,17,18). The first kappa shape index (κ1) is 14.0. The van der Waals surface area contributed by atoms with Gasteiger partial charge in [0.2, 0.25) is 0 Å². The van der Waals surface area contributed by atoms with Crippen molar-refractivity contribution >= 4 is 11.9 Å². The zero-order chi connectivity index (χ0) is 13.8. The first-order valence-corrected chi connectivity index (χ1v) is 4.96. The molecular weight excluding hydrogens is 248 g/mol. The summed E-state index contributed by atoms with van der Waals surface area (Å²) >= 11 is 0. The third kappa shape index (κ3) is 3.49. The Morgan fingerprint density at radius 1 is 1.22 bits per heavy atom. The van der Waals surface area contributed by atoms with Crippen LogP contribution in [-0.4, -0.2) is 41.2 Å². The molecule has 1 aromatic carbocycles. The summed E-state index contributed by atoms with van der Waals surface area (Å²) in [5.74, 6) is -5.69. The SMILES string of the molecule is O=C(O)c1ccccc1C(=O)NCC(F)(F)CO. The Kier molecular flexibility index (Phi) is 4.33. The highest BCUT2D eigenvalue weighted by Gasteiger charge is 2.29. The van der Waals surface area contributed by atoms with E-state index in [2.05, 4.69) is 0 Å². The van der Waals surface area contributed by atoms with E-state index in [9.17, 15) is 18.4 Å². The van der Waals surface area contributed by atoms with E-state index in [1.165, 1.54) is 24.3 Å². The van der Waals surface area contributed by atoms with Crippen LogP contribution in [0.4, 0.5) is 8.78 Å². The lowest BCUT2D eigenvalue weighted by Crippen LogP contribution is -2.39. The number of nitrogens with one attached hydrogen (secondary N) is 1. The van der Waals surface area contributed by atoms with Gasteiger partial charge in [0.25, 0.3) is 11.8 Å². The van der Waals surface area contributed by atoms with Crippen LogP contribution in [0.5, 0.6) is 0 Å². The van der Waals surface area contributed by atoms with E-state index in [4.69, 9.17) is 10.2 Å². The molecule has 0 saturated heterocycles. The number of carboxylic acids is 1. The minimum absolute atomic E-state index is 0.210. The van der Waals surface area contributed by atoms with Crippen molar-refractivity contribution in [3.63, 3.8) is 0 Å². The average Bonchev–Trinajstić information content (AvgIpc) is 2.36. The number of alkyl halides is 2. The van der Waals surface area contributed by atoms with Gasteiger partial charge in [-0.25, -0.2) is 13.6 Å². The van der Waals surface area contributed by atoms with E-state index in [1.54, 1.807) is 0 Å². The predicted octanol–water partition coefficient (Wildman–Crippen LogP) is 0.742. The Hall–Kier alpha value is -2.02. The van der Waals surface area contributed by atoms with Gasteiger partial charge in [-0.3, -0.25) is 4.79 Å². The summed E-state index contributed by atoms with van der Waals surface area (Å²) in [6, 6.07) is 5.26. The predicted molar refractivity (Wildman–Crippen MR) is 57.8 cm³/mol. The molecule has 0 radical (unpaired) electrons. The van der Waals surface area contributed by atoms with Crippen molar-refractivity contribution in [3.05, 3.63) is 35.4 Å². The molecule has 0 heterocycles. The van der Waals surface area contributed by atoms with Crippen molar-refractivity contribution in [2.45, 2.75) is 5.92 Å². The van der Waals surface area contributed by atoms with Crippen molar-refractivity contribution in [3.8, 4) is 0 Å². The van der Waals surface area contributed by atoms with E-state index < -0.39 is 31.0 Å². The molecule has 7 heteroatoms. The summed E-state index contributed by atoms with van der Waals surface area (Å²) in [7, 11) is 0. The number of carbonyl (C=O) groups excluding carboxylic acids is 1. The van der Waals surface area contributed by atoms with Crippen LogP contribution in [0, 0.1) is 0 Å². The van der Waals surface area contributed by atoms with Gasteiger partial charge in [-0.15, -0.1) is 0 Å². The smallest absolute Gasteiger partial charge is 0.336 e. The van der Waals surface area contributed by atoms with Gasteiger partial charge in [0, 0.05) is 0 Å². The van der Waals surface area contributed by atoms with Crippen molar-refractivity contribution in [1.82, 2.24) is 5.32 Å². The highest BCUT2D eigenvalue weighted by molar-refractivity contribution is 6.04. The molecule has 0 unspecified atom stereocenters. The molecule has 1 rings (SSSR count). The fourth-order valence-corrected chi connectivity index (χ4v) is 1.23. The largest absolute Gasteiger partial charge is 0.478 e. The van der Waals surface area contributed by atoms with Crippen molar-refractivity contribution in [2.24, 2.45) is 0 Å². The number of carbonyl (C=O) groups is 2. The van der Waals surface area contributed by atoms with Gasteiger partial charge < -0.3 is 15.5 Å². The zero-order valence-electron chi connectivity index (χ0n) is 9.19. The fraction of sp³-hybridized carbons (Fsp3) is 0.273. The van der Waals surface area contributed by atoms with E-state index in [0.717, 1.165) is 0 Å². The Morgan fingerprint density at radius 3 is 2.28 bits per heavy atom. The molecule has 0 spiro atoms. The van der Waals surface area contributed by atoms with Crippen LogP contribution >= 0.6 is 0 Å². The van der Waals surface area contributed by atoms with Gasteiger partial charge in [0.05, 0.1) is 17.7 Å². The number of rotatable bonds is 5. The second kappa shape index (κ2) is 5.54. The van der Waals surface area contributed by atoms with Gasteiger partial charge in [0.15, 0.2) is 0 Å². The maximum atomic E-state index is 12.7. The van der Waals surface area contributed by atoms with Crippen molar-refractivity contribution < 1.29 is 28.6 Å². The van der Waals surface area contributed by atoms with Gasteiger partial charge in [-0.05, 0) is 12.1 Å². The van der Waals surface area contributed by atoms with Crippen LogP contribution in [0.25, 0.3) is 0 Å². The molecule has 98 valence electrons. The van der Waals surface area contributed by atoms with E-state index >= 15 is 0 Å². The Labute approximate surface area is 101 Å². The number of hydrogen-bond donors (Lipinski definition) is 3. The maximum absolute atomic E-state index is 12.7. The maximum Gasteiger partial charge on any atom is 0.336 e. The first-order chi connectivity index (χ1) is 8.37. The molecule has 1 aromatic rings. The summed E-state index contributed by atoms with van der Waals surface area (Å²) in [5.41, 5.74) is -0.485. The molecule has 3 N–H and O–H groups in total. The van der Waals surface area contributed by atoms with E-state index in [-0.39, 0.29) is 11.1 Å². The second-order valence-electron chi connectivity index (χ2n) is 3.55. The molecule has 0 bridgehead atoms. The van der Waals surface area contributed by atoms with Crippen LogP contribution in [0.3, 0.4) is 0 Å².